The van der Waals surface area contributed by atoms with Crippen molar-refractivity contribution < 1.29 is 0 Å². The minimum atomic E-state index is -0.331. The lowest BCUT2D eigenvalue weighted by Crippen LogP contribution is -2.13. The summed E-state index contributed by atoms with van der Waals surface area (Å²) >= 11 is 5.71. The Hall–Kier alpha value is -1.07. The van der Waals surface area contributed by atoms with Gasteiger partial charge in [0, 0.05) is 6.54 Å². The van der Waals surface area contributed by atoms with Gasteiger partial charge < -0.3 is 16.0 Å². The van der Waals surface area contributed by atoms with Gasteiger partial charge in [0.05, 0.1) is 6.33 Å². The monoisotopic (exact) mass is 216 g/mol. The summed E-state index contributed by atoms with van der Waals surface area (Å²) in [5.74, 6) is 0.424. The fourth-order valence-electron chi connectivity index (χ4n) is 0.982. The van der Waals surface area contributed by atoms with E-state index in [2.05, 4.69) is 15.3 Å². The van der Waals surface area contributed by atoms with Gasteiger partial charge in [-0.25, -0.2) is 4.98 Å². The standard InChI is InChI=1S/C8H13ClN4O/c9-6-7(11-4-2-1-3-10)12-5-13-8(6)14/h5H,1-4,10H2,(H2,11,12,13,14). The molecule has 0 aromatic carbocycles. The van der Waals surface area contributed by atoms with Crippen LogP contribution in [0.5, 0.6) is 0 Å². The molecule has 1 aromatic heterocycles. The first-order valence-electron chi connectivity index (χ1n) is 4.43. The number of hydrogen-bond donors (Lipinski definition) is 3. The molecule has 0 spiro atoms. The molecule has 78 valence electrons. The number of nitrogens with zero attached hydrogens (tertiary/aromatic N) is 1. The maximum atomic E-state index is 11.0. The Morgan fingerprint density at radius 1 is 1.57 bits per heavy atom. The van der Waals surface area contributed by atoms with Crippen LogP contribution in [0, 0.1) is 0 Å². The summed E-state index contributed by atoms with van der Waals surface area (Å²) in [6.45, 7) is 1.38. The Morgan fingerprint density at radius 3 is 3.07 bits per heavy atom. The second-order valence-corrected chi connectivity index (χ2v) is 3.19. The smallest absolute Gasteiger partial charge is 0.271 e. The lowest BCUT2D eigenvalue weighted by molar-refractivity contribution is 0.772. The highest BCUT2D eigenvalue weighted by atomic mass is 35.5. The second kappa shape index (κ2) is 5.62. The Kier molecular flexibility index (Phi) is 4.42. The molecule has 14 heavy (non-hydrogen) atoms. The van der Waals surface area contributed by atoms with Gasteiger partial charge in [-0.1, -0.05) is 11.6 Å². The lowest BCUT2D eigenvalue weighted by atomic mass is 10.3. The number of rotatable bonds is 5. The molecule has 0 radical (unpaired) electrons. The van der Waals surface area contributed by atoms with Gasteiger partial charge in [0.2, 0.25) is 0 Å². The molecular formula is C8H13ClN4O. The maximum absolute atomic E-state index is 11.0. The maximum Gasteiger partial charge on any atom is 0.271 e. The first-order chi connectivity index (χ1) is 6.75. The van der Waals surface area contributed by atoms with Crippen LogP contribution in [0.1, 0.15) is 12.8 Å². The molecule has 1 aromatic rings. The van der Waals surface area contributed by atoms with Crippen LogP contribution in [0.25, 0.3) is 0 Å². The number of hydrogen-bond acceptors (Lipinski definition) is 4. The first kappa shape index (κ1) is 11.0. The van der Waals surface area contributed by atoms with Crippen molar-refractivity contribution in [1.29, 1.82) is 0 Å². The first-order valence-corrected chi connectivity index (χ1v) is 4.80. The van der Waals surface area contributed by atoms with Crippen LogP contribution in [-0.2, 0) is 0 Å². The summed E-state index contributed by atoms with van der Waals surface area (Å²) in [4.78, 5) is 17.3. The molecule has 6 heteroatoms. The highest BCUT2D eigenvalue weighted by Gasteiger charge is 2.03. The molecule has 4 N–H and O–H groups in total. The number of anilines is 1. The molecule has 0 aliphatic carbocycles. The zero-order valence-corrected chi connectivity index (χ0v) is 8.47. The van der Waals surface area contributed by atoms with E-state index in [0.717, 1.165) is 12.8 Å². The molecule has 0 aliphatic heterocycles. The topological polar surface area (TPSA) is 83.8 Å². The third-order valence-corrected chi connectivity index (χ3v) is 2.07. The van der Waals surface area contributed by atoms with Gasteiger partial charge in [-0.15, -0.1) is 0 Å². The van der Waals surface area contributed by atoms with Crippen LogP contribution in [0.4, 0.5) is 5.82 Å². The van der Waals surface area contributed by atoms with Crippen LogP contribution in [0.2, 0.25) is 5.02 Å². The predicted molar refractivity (Wildman–Crippen MR) is 56.6 cm³/mol. The largest absolute Gasteiger partial charge is 0.369 e. The molecule has 0 saturated carbocycles. The van der Waals surface area contributed by atoms with Gasteiger partial charge in [0.15, 0.2) is 5.82 Å². The van der Waals surface area contributed by atoms with E-state index in [1.54, 1.807) is 0 Å². The minimum absolute atomic E-state index is 0.0975. The Labute approximate surface area is 86.7 Å². The van der Waals surface area contributed by atoms with Gasteiger partial charge >= 0.3 is 0 Å². The third-order valence-electron chi connectivity index (χ3n) is 1.72. The van der Waals surface area contributed by atoms with Gasteiger partial charge in [-0.3, -0.25) is 4.79 Å². The molecule has 0 saturated heterocycles. The zero-order chi connectivity index (χ0) is 10.4. The molecule has 1 rings (SSSR count). The number of nitrogens with two attached hydrogens (primary N) is 1. The normalized spacial score (nSPS) is 10.1. The average Bonchev–Trinajstić information content (AvgIpc) is 2.19. The van der Waals surface area contributed by atoms with Crippen LogP contribution in [0.3, 0.4) is 0 Å². The number of H-pyrrole nitrogens is 1. The zero-order valence-electron chi connectivity index (χ0n) is 7.72. The van der Waals surface area contributed by atoms with Crippen molar-refractivity contribution in [3.05, 3.63) is 21.7 Å². The second-order valence-electron chi connectivity index (χ2n) is 2.82. The van der Waals surface area contributed by atoms with E-state index in [0.29, 0.717) is 18.9 Å². The van der Waals surface area contributed by atoms with E-state index in [1.807, 2.05) is 0 Å². The number of nitrogens with one attached hydrogen (secondary N) is 2. The van der Waals surface area contributed by atoms with Crippen LogP contribution in [0.15, 0.2) is 11.1 Å². The van der Waals surface area contributed by atoms with Crippen LogP contribution in [-0.4, -0.2) is 23.1 Å². The van der Waals surface area contributed by atoms with E-state index in [4.69, 9.17) is 17.3 Å². The van der Waals surface area contributed by atoms with Crippen molar-refractivity contribution in [2.75, 3.05) is 18.4 Å². The number of aromatic nitrogens is 2. The molecule has 0 amide bonds. The van der Waals surface area contributed by atoms with Gasteiger partial charge in [0.1, 0.15) is 5.02 Å². The summed E-state index contributed by atoms with van der Waals surface area (Å²) in [6, 6.07) is 0. The van der Waals surface area contributed by atoms with Crippen molar-refractivity contribution in [3.8, 4) is 0 Å². The Bertz CT molecular complexity index is 338. The molecule has 0 aliphatic rings. The van der Waals surface area contributed by atoms with Gasteiger partial charge in [0.25, 0.3) is 5.56 Å². The summed E-state index contributed by atoms with van der Waals surface area (Å²) < 4.78 is 0. The van der Waals surface area contributed by atoms with E-state index in [1.165, 1.54) is 6.33 Å². The highest BCUT2D eigenvalue weighted by molar-refractivity contribution is 6.32. The minimum Gasteiger partial charge on any atom is -0.369 e. The number of unbranched alkanes of at least 4 members (excludes halogenated alkanes) is 1. The molecule has 0 bridgehead atoms. The molecule has 0 unspecified atom stereocenters. The van der Waals surface area contributed by atoms with Crippen LogP contribution < -0.4 is 16.6 Å². The highest BCUT2D eigenvalue weighted by Crippen LogP contribution is 2.11. The average molecular weight is 217 g/mol. The van der Waals surface area contributed by atoms with Crippen LogP contribution >= 0.6 is 11.6 Å². The van der Waals surface area contributed by atoms with Gasteiger partial charge in [-0.05, 0) is 19.4 Å². The predicted octanol–water partition coefficient (Wildman–Crippen LogP) is 0.574. The SMILES string of the molecule is NCCCCNc1nc[nH]c(=O)c1Cl. The summed E-state index contributed by atoms with van der Waals surface area (Å²) in [6.07, 6.45) is 3.19. The fourth-order valence-corrected chi connectivity index (χ4v) is 1.15. The number of aromatic amines is 1. The Balaban J connectivity index is 2.51. The summed E-state index contributed by atoms with van der Waals surface area (Å²) in [7, 11) is 0. The van der Waals surface area contributed by atoms with Crippen molar-refractivity contribution in [3.63, 3.8) is 0 Å². The van der Waals surface area contributed by atoms with E-state index in [-0.39, 0.29) is 10.6 Å². The van der Waals surface area contributed by atoms with Gasteiger partial charge in [-0.2, -0.15) is 0 Å². The molecule has 0 atom stereocenters. The lowest BCUT2D eigenvalue weighted by Gasteiger charge is -2.04. The van der Waals surface area contributed by atoms with E-state index < -0.39 is 0 Å². The summed E-state index contributed by atoms with van der Waals surface area (Å²) in [5, 5.41) is 3.07. The molecule has 0 fully saturated rings. The fraction of sp³-hybridized carbons (Fsp3) is 0.500. The van der Waals surface area contributed by atoms with E-state index in [9.17, 15) is 4.79 Å². The third kappa shape index (κ3) is 3.01. The van der Waals surface area contributed by atoms with Crippen molar-refractivity contribution in [1.82, 2.24) is 9.97 Å². The number of halogens is 1. The quantitative estimate of drug-likeness (QED) is 0.629. The van der Waals surface area contributed by atoms with E-state index >= 15 is 0 Å². The molecular weight excluding hydrogens is 204 g/mol. The molecule has 5 nitrogen and oxygen atoms in total. The Morgan fingerprint density at radius 2 is 2.36 bits per heavy atom. The summed E-state index contributed by atoms with van der Waals surface area (Å²) in [5.41, 5.74) is 5.01. The van der Waals surface area contributed by atoms with Crippen molar-refractivity contribution in [2.45, 2.75) is 12.8 Å². The van der Waals surface area contributed by atoms with Crippen molar-refractivity contribution in [2.24, 2.45) is 5.73 Å². The van der Waals surface area contributed by atoms with Crippen molar-refractivity contribution >= 4 is 17.4 Å². The molecule has 1 heterocycles.